The first kappa shape index (κ1) is 10.3. The van der Waals surface area contributed by atoms with E-state index in [1.54, 1.807) is 0 Å². The average molecular weight is 217 g/mol. The number of carbonyl (C=O) groups excluding carboxylic acids is 1. The van der Waals surface area contributed by atoms with E-state index in [9.17, 15) is 4.79 Å². The van der Waals surface area contributed by atoms with E-state index in [1.165, 1.54) is 0 Å². The van der Waals surface area contributed by atoms with E-state index in [0.29, 0.717) is 6.42 Å². The van der Waals surface area contributed by atoms with E-state index in [0.717, 1.165) is 12.8 Å². The van der Waals surface area contributed by atoms with Gasteiger partial charge in [-0.15, -0.1) is 11.6 Å². The van der Waals surface area contributed by atoms with E-state index in [1.807, 2.05) is 6.92 Å². The van der Waals surface area contributed by atoms with E-state index >= 15 is 0 Å². The van der Waals surface area contributed by atoms with Crippen LogP contribution in [0.3, 0.4) is 0 Å². The Morgan fingerprint density at radius 3 is 2.71 bits per heavy atom. The van der Waals surface area contributed by atoms with Crippen LogP contribution in [0.2, 0.25) is 0 Å². The number of ether oxygens (including phenoxy) is 1. The van der Waals surface area contributed by atoms with Crippen LogP contribution in [0.15, 0.2) is 0 Å². The second kappa shape index (κ2) is 2.88. The largest absolute Gasteiger partial charge is 0.459 e. The maximum absolute atomic E-state index is 11.3. The van der Waals surface area contributed by atoms with Gasteiger partial charge in [0.15, 0.2) is 0 Å². The Labute approximate surface area is 90.0 Å². The highest BCUT2D eigenvalue weighted by atomic mass is 35.5. The molecule has 14 heavy (non-hydrogen) atoms. The summed E-state index contributed by atoms with van der Waals surface area (Å²) in [5, 5.41) is 0.162. The Kier molecular flexibility index (Phi) is 2.11. The monoisotopic (exact) mass is 216 g/mol. The van der Waals surface area contributed by atoms with Crippen LogP contribution >= 0.6 is 11.6 Å². The van der Waals surface area contributed by atoms with Gasteiger partial charge in [0.2, 0.25) is 0 Å². The van der Waals surface area contributed by atoms with Gasteiger partial charge in [-0.05, 0) is 25.2 Å². The minimum absolute atomic E-state index is 0.000710. The topological polar surface area (TPSA) is 26.3 Å². The molecule has 3 heteroatoms. The minimum atomic E-state index is -0.258. The van der Waals surface area contributed by atoms with Crippen LogP contribution in [0.1, 0.15) is 40.0 Å². The highest BCUT2D eigenvalue weighted by Crippen LogP contribution is 2.54. The summed E-state index contributed by atoms with van der Waals surface area (Å²) in [6.45, 7) is 6.34. The van der Waals surface area contributed by atoms with Crippen molar-refractivity contribution in [1.29, 1.82) is 0 Å². The van der Waals surface area contributed by atoms with E-state index in [4.69, 9.17) is 16.3 Å². The van der Waals surface area contributed by atoms with Crippen LogP contribution < -0.4 is 0 Å². The van der Waals surface area contributed by atoms with Crippen molar-refractivity contribution in [2.45, 2.75) is 51.0 Å². The third-order valence-electron chi connectivity index (χ3n) is 4.05. The summed E-state index contributed by atoms with van der Waals surface area (Å²) in [5.74, 6) is 0.218. The molecule has 0 aromatic rings. The van der Waals surface area contributed by atoms with Gasteiger partial charge in [0.1, 0.15) is 5.60 Å². The Hall–Kier alpha value is -0.240. The number of alkyl halides is 1. The van der Waals surface area contributed by atoms with Gasteiger partial charge in [0.05, 0.1) is 6.42 Å². The Morgan fingerprint density at radius 2 is 2.07 bits per heavy atom. The van der Waals surface area contributed by atoms with Crippen LogP contribution in [-0.2, 0) is 9.53 Å². The third-order valence-corrected chi connectivity index (χ3v) is 4.84. The van der Waals surface area contributed by atoms with E-state index in [-0.39, 0.29) is 28.3 Å². The molecule has 1 aliphatic heterocycles. The zero-order chi connectivity index (χ0) is 10.6. The molecule has 2 fully saturated rings. The first-order valence-electron chi connectivity index (χ1n) is 5.22. The van der Waals surface area contributed by atoms with Gasteiger partial charge < -0.3 is 4.74 Å². The van der Waals surface area contributed by atoms with Gasteiger partial charge in [0.25, 0.3) is 0 Å². The van der Waals surface area contributed by atoms with Crippen molar-refractivity contribution >= 4 is 17.6 Å². The zero-order valence-electron chi connectivity index (χ0n) is 8.97. The quantitative estimate of drug-likeness (QED) is 0.460. The number of carbonyl (C=O) groups is 1. The number of hydrogen-bond donors (Lipinski definition) is 0. The van der Waals surface area contributed by atoms with Crippen LogP contribution in [-0.4, -0.2) is 16.9 Å². The molecule has 2 nitrogen and oxygen atoms in total. The Morgan fingerprint density at radius 1 is 1.43 bits per heavy atom. The maximum atomic E-state index is 11.3. The maximum Gasteiger partial charge on any atom is 0.306 e. The fourth-order valence-electron chi connectivity index (χ4n) is 3.03. The van der Waals surface area contributed by atoms with Crippen molar-refractivity contribution in [3.8, 4) is 0 Å². The summed E-state index contributed by atoms with van der Waals surface area (Å²) >= 11 is 6.32. The second-order valence-electron chi connectivity index (χ2n) is 5.37. The van der Waals surface area contributed by atoms with Gasteiger partial charge in [-0.1, -0.05) is 13.8 Å². The lowest BCUT2D eigenvalue weighted by molar-refractivity contribution is -0.151. The van der Waals surface area contributed by atoms with Crippen molar-refractivity contribution < 1.29 is 9.53 Å². The van der Waals surface area contributed by atoms with Crippen LogP contribution in [0.5, 0.6) is 0 Å². The summed E-state index contributed by atoms with van der Waals surface area (Å²) in [6.07, 6.45) is 2.38. The number of halogens is 1. The fourth-order valence-corrected chi connectivity index (χ4v) is 3.30. The number of hydrogen-bond acceptors (Lipinski definition) is 2. The number of fused-ring (bicyclic) bond motifs is 1. The Balaban J connectivity index is 2.33. The molecule has 2 aliphatic rings. The van der Waals surface area contributed by atoms with E-state index in [2.05, 4.69) is 13.8 Å². The number of rotatable bonds is 0. The molecule has 1 saturated carbocycles. The van der Waals surface area contributed by atoms with Gasteiger partial charge in [-0.2, -0.15) is 0 Å². The molecule has 0 N–H and O–H groups in total. The average Bonchev–Trinajstić information content (AvgIpc) is 2.37. The molecule has 0 amide bonds. The lowest BCUT2D eigenvalue weighted by atomic mass is 9.61. The summed E-state index contributed by atoms with van der Waals surface area (Å²) < 4.78 is 5.44. The molecule has 0 aromatic heterocycles. The lowest BCUT2D eigenvalue weighted by Gasteiger charge is -2.47. The minimum Gasteiger partial charge on any atom is -0.459 e. The molecule has 1 aliphatic carbocycles. The van der Waals surface area contributed by atoms with Crippen molar-refractivity contribution in [2.75, 3.05) is 0 Å². The molecule has 3 atom stereocenters. The molecule has 1 heterocycles. The normalized spacial score (nSPS) is 45.9. The van der Waals surface area contributed by atoms with Gasteiger partial charge in [-0.25, -0.2) is 0 Å². The van der Waals surface area contributed by atoms with E-state index < -0.39 is 0 Å². The summed E-state index contributed by atoms with van der Waals surface area (Å²) in [7, 11) is 0. The van der Waals surface area contributed by atoms with Crippen molar-refractivity contribution in [3.05, 3.63) is 0 Å². The SMILES string of the molecule is CC12CCC(Cl)C(C)(C)C1CC(=O)O2. The van der Waals surface area contributed by atoms with Crippen LogP contribution in [0.25, 0.3) is 0 Å². The third kappa shape index (κ3) is 1.27. The van der Waals surface area contributed by atoms with Crippen LogP contribution in [0.4, 0.5) is 0 Å². The molecule has 0 spiro atoms. The Bertz CT molecular complexity index is 274. The lowest BCUT2D eigenvalue weighted by Crippen LogP contribution is -2.49. The zero-order valence-corrected chi connectivity index (χ0v) is 9.73. The van der Waals surface area contributed by atoms with Gasteiger partial charge >= 0.3 is 5.97 Å². The predicted molar refractivity (Wildman–Crippen MR) is 55.3 cm³/mol. The summed E-state index contributed by atoms with van der Waals surface area (Å²) in [6, 6.07) is 0. The van der Waals surface area contributed by atoms with Crippen molar-refractivity contribution in [1.82, 2.24) is 0 Å². The highest BCUT2D eigenvalue weighted by Gasteiger charge is 2.57. The van der Waals surface area contributed by atoms with Crippen molar-refractivity contribution in [3.63, 3.8) is 0 Å². The standard InChI is InChI=1S/C11H17ClO2/c1-10(2)7-6-9(13)14-11(7,3)5-4-8(10)12/h7-8H,4-6H2,1-3H3. The summed E-state index contributed by atoms with van der Waals surface area (Å²) in [5.41, 5.74) is -0.257. The highest BCUT2D eigenvalue weighted by molar-refractivity contribution is 6.21. The molecule has 2 rings (SSSR count). The first-order valence-corrected chi connectivity index (χ1v) is 5.66. The molecule has 80 valence electrons. The molecular formula is C11H17ClO2. The van der Waals surface area contributed by atoms with Gasteiger partial charge in [0, 0.05) is 11.3 Å². The van der Waals surface area contributed by atoms with Crippen LogP contribution in [0, 0.1) is 11.3 Å². The summed E-state index contributed by atoms with van der Waals surface area (Å²) in [4.78, 5) is 11.3. The second-order valence-corrected chi connectivity index (χ2v) is 5.90. The predicted octanol–water partition coefficient (Wildman–Crippen LogP) is 2.74. The molecule has 1 saturated heterocycles. The van der Waals surface area contributed by atoms with Crippen molar-refractivity contribution in [2.24, 2.45) is 11.3 Å². The molecule has 3 unspecified atom stereocenters. The molecule has 0 aromatic carbocycles. The van der Waals surface area contributed by atoms with Gasteiger partial charge in [-0.3, -0.25) is 4.79 Å². The molecular weight excluding hydrogens is 200 g/mol. The molecule has 0 bridgehead atoms. The molecule has 0 radical (unpaired) electrons. The number of esters is 1. The first-order chi connectivity index (χ1) is 6.36. The fraction of sp³-hybridized carbons (Fsp3) is 0.909. The smallest absolute Gasteiger partial charge is 0.306 e.